The summed E-state index contributed by atoms with van der Waals surface area (Å²) in [5, 5.41) is 5.76. The molecule has 0 radical (unpaired) electrons. The summed E-state index contributed by atoms with van der Waals surface area (Å²) in [6.07, 6.45) is 3.10. The molecule has 0 bridgehead atoms. The van der Waals surface area contributed by atoms with Crippen molar-refractivity contribution in [2.24, 2.45) is 0 Å². The maximum atomic E-state index is 12.3. The lowest BCUT2D eigenvalue weighted by atomic mass is 10.1. The summed E-state index contributed by atoms with van der Waals surface area (Å²) in [7, 11) is 4.47. The van der Waals surface area contributed by atoms with Crippen LogP contribution in [0.1, 0.15) is 18.4 Å². The number of aryl methyl sites for hydroxylation is 1. The molecular formula is C21H27N3O5. The van der Waals surface area contributed by atoms with Gasteiger partial charge in [0.2, 0.25) is 5.91 Å². The van der Waals surface area contributed by atoms with E-state index in [0.717, 1.165) is 18.6 Å². The summed E-state index contributed by atoms with van der Waals surface area (Å²) in [5.74, 6) is 0.982. The van der Waals surface area contributed by atoms with Crippen LogP contribution in [0.25, 0.3) is 0 Å². The molecule has 1 heterocycles. The summed E-state index contributed by atoms with van der Waals surface area (Å²) >= 11 is 0. The van der Waals surface area contributed by atoms with Crippen molar-refractivity contribution in [3.63, 3.8) is 0 Å². The Morgan fingerprint density at radius 1 is 1.00 bits per heavy atom. The second kappa shape index (κ2) is 11.7. The third kappa shape index (κ3) is 7.42. The highest BCUT2D eigenvalue weighted by Crippen LogP contribution is 2.13. The van der Waals surface area contributed by atoms with Crippen LogP contribution < -0.4 is 20.1 Å². The molecule has 0 aliphatic heterocycles. The maximum Gasteiger partial charge on any atom is 0.323 e. The molecule has 1 aromatic heterocycles. The number of methoxy groups -OCH3 is 3. The van der Waals surface area contributed by atoms with Crippen LogP contribution in [0.4, 0.5) is 5.82 Å². The van der Waals surface area contributed by atoms with Crippen molar-refractivity contribution in [1.82, 2.24) is 10.3 Å². The SMILES string of the molecule is COC(=O)C(CC(=O)Nc1ccc(OC)cn1)NCCCc1ccc(OC)cc1. The minimum atomic E-state index is -0.728. The Kier molecular flexibility index (Phi) is 8.91. The van der Waals surface area contributed by atoms with Crippen LogP contribution in [0.3, 0.4) is 0 Å². The van der Waals surface area contributed by atoms with Gasteiger partial charge < -0.3 is 24.8 Å². The lowest BCUT2D eigenvalue weighted by Gasteiger charge is -2.16. The zero-order valence-corrected chi connectivity index (χ0v) is 16.9. The Morgan fingerprint density at radius 2 is 1.69 bits per heavy atom. The number of nitrogens with one attached hydrogen (secondary N) is 2. The van der Waals surface area contributed by atoms with Gasteiger partial charge in [0.15, 0.2) is 0 Å². The Labute approximate surface area is 170 Å². The number of ether oxygens (including phenoxy) is 3. The molecule has 1 amide bonds. The van der Waals surface area contributed by atoms with Gasteiger partial charge in [-0.25, -0.2) is 4.98 Å². The number of nitrogens with zero attached hydrogens (tertiary/aromatic N) is 1. The molecule has 0 spiro atoms. The smallest absolute Gasteiger partial charge is 0.323 e. The predicted molar refractivity (Wildman–Crippen MR) is 109 cm³/mol. The lowest BCUT2D eigenvalue weighted by Crippen LogP contribution is -2.41. The Balaban J connectivity index is 1.81. The van der Waals surface area contributed by atoms with Gasteiger partial charge in [-0.2, -0.15) is 0 Å². The molecule has 2 aromatic rings. The lowest BCUT2D eigenvalue weighted by molar-refractivity contribution is -0.144. The van der Waals surface area contributed by atoms with E-state index in [-0.39, 0.29) is 12.3 Å². The van der Waals surface area contributed by atoms with Crippen molar-refractivity contribution in [1.29, 1.82) is 0 Å². The average molecular weight is 401 g/mol. The molecule has 0 fully saturated rings. The number of esters is 1. The molecule has 8 nitrogen and oxygen atoms in total. The molecule has 29 heavy (non-hydrogen) atoms. The molecule has 2 N–H and O–H groups in total. The number of rotatable bonds is 11. The molecule has 1 unspecified atom stereocenters. The van der Waals surface area contributed by atoms with Crippen LogP contribution in [0, 0.1) is 0 Å². The molecule has 1 atom stereocenters. The predicted octanol–water partition coefficient (Wildman–Crippen LogP) is 2.19. The van der Waals surface area contributed by atoms with E-state index in [1.165, 1.54) is 26.0 Å². The number of carbonyl (C=O) groups is 2. The maximum absolute atomic E-state index is 12.3. The third-order valence-electron chi connectivity index (χ3n) is 4.31. The van der Waals surface area contributed by atoms with Gasteiger partial charge in [-0.1, -0.05) is 12.1 Å². The van der Waals surface area contributed by atoms with Crippen LogP contribution >= 0.6 is 0 Å². The summed E-state index contributed by atoms with van der Waals surface area (Å²) in [6.45, 7) is 0.569. The fourth-order valence-corrected chi connectivity index (χ4v) is 2.70. The summed E-state index contributed by atoms with van der Waals surface area (Å²) < 4.78 is 15.0. The minimum Gasteiger partial charge on any atom is -0.497 e. The molecule has 8 heteroatoms. The summed E-state index contributed by atoms with van der Waals surface area (Å²) in [4.78, 5) is 28.4. The van der Waals surface area contributed by atoms with E-state index < -0.39 is 12.0 Å². The van der Waals surface area contributed by atoms with Crippen LogP contribution in [-0.2, 0) is 20.7 Å². The highest BCUT2D eigenvalue weighted by molar-refractivity contribution is 5.93. The Hall–Kier alpha value is -3.13. The van der Waals surface area contributed by atoms with E-state index in [9.17, 15) is 9.59 Å². The zero-order valence-electron chi connectivity index (χ0n) is 16.9. The number of hydrogen-bond acceptors (Lipinski definition) is 7. The number of pyridine rings is 1. The topological polar surface area (TPSA) is 98.8 Å². The first-order valence-electron chi connectivity index (χ1n) is 9.29. The average Bonchev–Trinajstić information content (AvgIpc) is 2.76. The van der Waals surface area contributed by atoms with E-state index in [1.54, 1.807) is 19.2 Å². The highest BCUT2D eigenvalue weighted by atomic mass is 16.5. The minimum absolute atomic E-state index is 0.0527. The van der Waals surface area contributed by atoms with Gasteiger partial charge in [-0.15, -0.1) is 0 Å². The molecule has 0 saturated carbocycles. The van der Waals surface area contributed by atoms with Crippen LogP contribution in [0.2, 0.25) is 0 Å². The van der Waals surface area contributed by atoms with Gasteiger partial charge in [0.05, 0.1) is 33.9 Å². The van der Waals surface area contributed by atoms with Gasteiger partial charge in [-0.05, 0) is 49.2 Å². The number of anilines is 1. The second-order valence-electron chi connectivity index (χ2n) is 6.32. The fraction of sp³-hybridized carbons (Fsp3) is 0.381. The zero-order chi connectivity index (χ0) is 21.1. The van der Waals surface area contributed by atoms with Crippen molar-refractivity contribution in [3.05, 3.63) is 48.2 Å². The van der Waals surface area contributed by atoms with Crippen molar-refractivity contribution >= 4 is 17.7 Å². The van der Waals surface area contributed by atoms with Crippen molar-refractivity contribution in [2.75, 3.05) is 33.2 Å². The first-order chi connectivity index (χ1) is 14.0. The number of benzene rings is 1. The monoisotopic (exact) mass is 401 g/mol. The van der Waals surface area contributed by atoms with E-state index >= 15 is 0 Å². The highest BCUT2D eigenvalue weighted by Gasteiger charge is 2.22. The van der Waals surface area contributed by atoms with Crippen molar-refractivity contribution in [2.45, 2.75) is 25.3 Å². The molecule has 0 aliphatic carbocycles. The quantitative estimate of drug-likeness (QED) is 0.440. The largest absolute Gasteiger partial charge is 0.497 e. The van der Waals surface area contributed by atoms with E-state index in [2.05, 4.69) is 15.6 Å². The third-order valence-corrected chi connectivity index (χ3v) is 4.31. The Bertz CT molecular complexity index is 778. The van der Waals surface area contributed by atoms with Crippen LogP contribution in [0.5, 0.6) is 11.5 Å². The molecule has 2 rings (SSSR count). The van der Waals surface area contributed by atoms with Crippen LogP contribution in [-0.4, -0.2) is 50.8 Å². The summed E-state index contributed by atoms with van der Waals surface area (Å²) in [5.41, 5.74) is 1.17. The molecule has 0 aliphatic rings. The molecule has 0 saturated heterocycles. The number of amides is 1. The van der Waals surface area contributed by atoms with Crippen molar-refractivity contribution < 1.29 is 23.8 Å². The number of carbonyl (C=O) groups excluding carboxylic acids is 2. The van der Waals surface area contributed by atoms with E-state index in [4.69, 9.17) is 14.2 Å². The first-order valence-corrected chi connectivity index (χ1v) is 9.29. The van der Waals surface area contributed by atoms with Gasteiger partial charge in [0, 0.05) is 0 Å². The van der Waals surface area contributed by atoms with Gasteiger partial charge in [-0.3, -0.25) is 9.59 Å². The van der Waals surface area contributed by atoms with E-state index in [0.29, 0.717) is 18.1 Å². The van der Waals surface area contributed by atoms with E-state index in [1.807, 2.05) is 24.3 Å². The standard InChI is InChI=1S/C21H27N3O5/c1-27-16-8-6-15(7-9-16)5-4-12-22-18(21(26)29-3)13-20(25)24-19-11-10-17(28-2)14-23-19/h6-11,14,18,22H,4-5,12-13H2,1-3H3,(H,23,24,25). The molecule has 1 aromatic carbocycles. The number of hydrogen-bond donors (Lipinski definition) is 2. The number of aromatic nitrogens is 1. The van der Waals surface area contributed by atoms with Crippen LogP contribution in [0.15, 0.2) is 42.6 Å². The normalized spacial score (nSPS) is 11.4. The summed E-state index contributed by atoms with van der Waals surface area (Å²) in [6, 6.07) is 10.4. The molecule has 156 valence electrons. The second-order valence-corrected chi connectivity index (χ2v) is 6.32. The fourth-order valence-electron chi connectivity index (χ4n) is 2.70. The van der Waals surface area contributed by atoms with Gasteiger partial charge in [0.1, 0.15) is 23.4 Å². The molecular weight excluding hydrogens is 374 g/mol. The Morgan fingerprint density at radius 3 is 2.28 bits per heavy atom. The van der Waals surface area contributed by atoms with Gasteiger partial charge in [0.25, 0.3) is 0 Å². The van der Waals surface area contributed by atoms with Crippen molar-refractivity contribution in [3.8, 4) is 11.5 Å². The first kappa shape index (κ1) is 22.2. The van der Waals surface area contributed by atoms with Gasteiger partial charge >= 0.3 is 5.97 Å².